The van der Waals surface area contributed by atoms with Crippen molar-refractivity contribution in [2.75, 3.05) is 13.2 Å². The first-order valence-corrected chi connectivity index (χ1v) is 5.89. The van der Waals surface area contributed by atoms with E-state index in [1.165, 1.54) is 0 Å². The van der Waals surface area contributed by atoms with Crippen LogP contribution in [0.5, 0.6) is 0 Å². The first-order chi connectivity index (χ1) is 8.27. The number of amides is 1. The lowest BCUT2D eigenvalue weighted by atomic mass is 10.1. The Balaban J connectivity index is 1.80. The minimum Gasteiger partial charge on any atom is -0.387 e. The van der Waals surface area contributed by atoms with Gasteiger partial charge < -0.3 is 15.2 Å². The second-order valence-corrected chi connectivity index (χ2v) is 4.17. The van der Waals surface area contributed by atoms with Gasteiger partial charge in [0.05, 0.1) is 6.10 Å². The van der Waals surface area contributed by atoms with Crippen molar-refractivity contribution in [2.24, 2.45) is 0 Å². The summed E-state index contributed by atoms with van der Waals surface area (Å²) in [5.41, 5.74) is 0.806. The summed E-state index contributed by atoms with van der Waals surface area (Å²) >= 11 is 0. The summed E-state index contributed by atoms with van der Waals surface area (Å²) in [6, 6.07) is 9.29. The van der Waals surface area contributed by atoms with E-state index in [1.54, 1.807) is 0 Å². The van der Waals surface area contributed by atoms with Crippen LogP contribution in [0.15, 0.2) is 30.3 Å². The molecule has 1 fully saturated rings. The van der Waals surface area contributed by atoms with E-state index >= 15 is 0 Å². The van der Waals surface area contributed by atoms with E-state index in [1.807, 2.05) is 30.3 Å². The van der Waals surface area contributed by atoms with Gasteiger partial charge in [0.25, 0.3) is 0 Å². The zero-order chi connectivity index (χ0) is 12.1. The smallest absolute Gasteiger partial charge is 0.249 e. The van der Waals surface area contributed by atoms with Crippen molar-refractivity contribution in [3.8, 4) is 0 Å². The third-order valence-electron chi connectivity index (χ3n) is 2.88. The molecule has 2 atom stereocenters. The quantitative estimate of drug-likeness (QED) is 0.819. The van der Waals surface area contributed by atoms with Crippen molar-refractivity contribution >= 4 is 5.91 Å². The van der Waals surface area contributed by atoms with Crippen molar-refractivity contribution in [1.82, 2.24) is 5.32 Å². The monoisotopic (exact) mass is 235 g/mol. The number of benzene rings is 1. The summed E-state index contributed by atoms with van der Waals surface area (Å²) in [5.74, 6) is -0.127. The van der Waals surface area contributed by atoms with Crippen LogP contribution < -0.4 is 5.32 Å². The molecule has 1 aromatic carbocycles. The van der Waals surface area contributed by atoms with E-state index in [9.17, 15) is 9.90 Å². The average molecular weight is 235 g/mol. The van der Waals surface area contributed by atoms with E-state index in [2.05, 4.69) is 5.32 Å². The number of hydrogen-bond acceptors (Lipinski definition) is 3. The van der Waals surface area contributed by atoms with Crippen LogP contribution in [-0.4, -0.2) is 30.3 Å². The third-order valence-corrected chi connectivity index (χ3v) is 2.88. The summed E-state index contributed by atoms with van der Waals surface area (Å²) in [7, 11) is 0. The molecule has 1 aliphatic rings. The molecule has 1 heterocycles. The summed E-state index contributed by atoms with van der Waals surface area (Å²) in [6.45, 7) is 0.877. The molecular formula is C13H17NO3. The number of ether oxygens (including phenoxy) is 1. The third kappa shape index (κ3) is 3.28. The van der Waals surface area contributed by atoms with E-state index in [0.717, 1.165) is 18.4 Å². The molecule has 0 spiro atoms. The summed E-state index contributed by atoms with van der Waals surface area (Å²) in [4.78, 5) is 11.6. The number of rotatable bonds is 4. The average Bonchev–Trinajstić information content (AvgIpc) is 2.90. The molecule has 1 aliphatic heterocycles. The highest BCUT2D eigenvalue weighted by molar-refractivity contribution is 5.80. The van der Waals surface area contributed by atoms with Gasteiger partial charge in [-0.2, -0.15) is 0 Å². The normalized spacial score (nSPS) is 21.1. The van der Waals surface area contributed by atoms with Gasteiger partial charge >= 0.3 is 0 Å². The number of aliphatic hydroxyl groups excluding tert-OH is 1. The van der Waals surface area contributed by atoms with Gasteiger partial charge in [0.1, 0.15) is 6.10 Å². The van der Waals surface area contributed by atoms with Crippen molar-refractivity contribution < 1.29 is 14.6 Å². The van der Waals surface area contributed by atoms with Crippen LogP contribution in [-0.2, 0) is 9.53 Å². The first kappa shape index (κ1) is 12.1. The predicted octanol–water partition coefficient (Wildman–Crippen LogP) is 1.02. The lowest BCUT2D eigenvalue weighted by Gasteiger charge is -2.14. The van der Waals surface area contributed by atoms with Gasteiger partial charge in [-0.3, -0.25) is 4.79 Å². The SMILES string of the molecule is O=C(NCC(O)c1ccccc1)C1CCCO1. The summed E-state index contributed by atoms with van der Waals surface area (Å²) in [6.07, 6.45) is 0.701. The molecule has 17 heavy (non-hydrogen) atoms. The topological polar surface area (TPSA) is 58.6 Å². The Morgan fingerprint density at radius 3 is 2.88 bits per heavy atom. The number of carbonyl (C=O) groups is 1. The molecule has 0 aliphatic carbocycles. The largest absolute Gasteiger partial charge is 0.387 e. The molecule has 0 aromatic heterocycles. The van der Waals surface area contributed by atoms with E-state index in [4.69, 9.17) is 4.74 Å². The molecule has 4 nitrogen and oxygen atoms in total. The van der Waals surface area contributed by atoms with Gasteiger partial charge in [-0.25, -0.2) is 0 Å². The second-order valence-electron chi connectivity index (χ2n) is 4.17. The van der Waals surface area contributed by atoms with Crippen LogP contribution in [0, 0.1) is 0 Å². The highest BCUT2D eigenvalue weighted by Crippen LogP contribution is 2.13. The molecular weight excluding hydrogens is 218 g/mol. The van der Waals surface area contributed by atoms with E-state index in [-0.39, 0.29) is 18.6 Å². The maximum absolute atomic E-state index is 11.6. The van der Waals surface area contributed by atoms with Gasteiger partial charge in [-0.15, -0.1) is 0 Å². The van der Waals surface area contributed by atoms with Gasteiger partial charge in [0, 0.05) is 13.2 Å². The van der Waals surface area contributed by atoms with Gasteiger partial charge in [0.15, 0.2) is 0 Å². The minimum absolute atomic E-state index is 0.127. The summed E-state index contributed by atoms with van der Waals surface area (Å²) in [5, 5.41) is 12.6. The zero-order valence-electron chi connectivity index (χ0n) is 9.63. The maximum atomic E-state index is 11.6. The molecule has 1 amide bonds. The Morgan fingerprint density at radius 1 is 1.47 bits per heavy atom. The fourth-order valence-electron chi connectivity index (χ4n) is 1.89. The molecule has 2 N–H and O–H groups in total. The van der Waals surface area contributed by atoms with E-state index in [0.29, 0.717) is 6.61 Å². The van der Waals surface area contributed by atoms with Gasteiger partial charge in [-0.1, -0.05) is 30.3 Å². The van der Waals surface area contributed by atoms with Crippen LogP contribution in [0.1, 0.15) is 24.5 Å². The van der Waals surface area contributed by atoms with Crippen LogP contribution in [0.3, 0.4) is 0 Å². The molecule has 1 aromatic rings. The standard InChI is InChI=1S/C13H17NO3/c15-11(10-5-2-1-3-6-10)9-14-13(16)12-7-4-8-17-12/h1-3,5-6,11-12,15H,4,7-9H2,(H,14,16). The van der Waals surface area contributed by atoms with Crippen LogP contribution in [0.25, 0.3) is 0 Å². The van der Waals surface area contributed by atoms with Gasteiger partial charge in [-0.05, 0) is 18.4 Å². The molecule has 0 saturated carbocycles. The van der Waals surface area contributed by atoms with Gasteiger partial charge in [0.2, 0.25) is 5.91 Å². The second kappa shape index (κ2) is 5.80. The Labute approximate surface area is 101 Å². The van der Waals surface area contributed by atoms with E-state index < -0.39 is 6.10 Å². The maximum Gasteiger partial charge on any atom is 0.249 e. The van der Waals surface area contributed by atoms with Crippen LogP contribution >= 0.6 is 0 Å². The molecule has 1 saturated heterocycles. The Kier molecular flexibility index (Phi) is 4.12. The molecule has 0 radical (unpaired) electrons. The van der Waals surface area contributed by atoms with Crippen molar-refractivity contribution in [1.29, 1.82) is 0 Å². The number of aliphatic hydroxyl groups is 1. The fourth-order valence-corrected chi connectivity index (χ4v) is 1.89. The minimum atomic E-state index is -0.665. The molecule has 92 valence electrons. The van der Waals surface area contributed by atoms with Crippen LogP contribution in [0.4, 0.5) is 0 Å². The zero-order valence-corrected chi connectivity index (χ0v) is 9.63. The first-order valence-electron chi connectivity index (χ1n) is 5.89. The number of nitrogens with one attached hydrogen (secondary N) is 1. The Morgan fingerprint density at radius 2 is 2.24 bits per heavy atom. The molecule has 4 heteroatoms. The number of carbonyl (C=O) groups excluding carboxylic acids is 1. The van der Waals surface area contributed by atoms with Crippen molar-refractivity contribution in [3.63, 3.8) is 0 Å². The number of hydrogen-bond donors (Lipinski definition) is 2. The van der Waals surface area contributed by atoms with Crippen LogP contribution in [0.2, 0.25) is 0 Å². The lowest BCUT2D eigenvalue weighted by Crippen LogP contribution is -2.36. The van der Waals surface area contributed by atoms with Crippen molar-refractivity contribution in [2.45, 2.75) is 25.0 Å². The lowest BCUT2D eigenvalue weighted by molar-refractivity contribution is -0.130. The van der Waals surface area contributed by atoms with Crippen molar-refractivity contribution in [3.05, 3.63) is 35.9 Å². The predicted molar refractivity (Wildman–Crippen MR) is 63.4 cm³/mol. The molecule has 0 bridgehead atoms. The molecule has 2 unspecified atom stereocenters. The molecule has 2 rings (SSSR count). The fraction of sp³-hybridized carbons (Fsp3) is 0.462. The highest BCUT2D eigenvalue weighted by atomic mass is 16.5. The highest BCUT2D eigenvalue weighted by Gasteiger charge is 2.23. The Hall–Kier alpha value is -1.39. The Bertz CT molecular complexity index is 360. The summed E-state index contributed by atoms with van der Waals surface area (Å²) < 4.78 is 5.26.